The lowest BCUT2D eigenvalue weighted by Crippen LogP contribution is -2.01. The van der Waals surface area contributed by atoms with Gasteiger partial charge in [-0.05, 0) is 30.3 Å². The van der Waals surface area contributed by atoms with Gasteiger partial charge >= 0.3 is 0 Å². The van der Waals surface area contributed by atoms with E-state index in [-0.39, 0.29) is 0 Å². The number of aromatic nitrogens is 4. The molecule has 2 aromatic heterocycles. The van der Waals surface area contributed by atoms with Gasteiger partial charge < -0.3 is 5.73 Å². The maximum Gasteiger partial charge on any atom is 0.235 e. The van der Waals surface area contributed by atoms with Gasteiger partial charge in [-0.1, -0.05) is 0 Å². The van der Waals surface area contributed by atoms with Crippen LogP contribution >= 0.6 is 0 Å². The summed E-state index contributed by atoms with van der Waals surface area (Å²) in [6, 6.07) is 9.33. The molecule has 0 aliphatic carbocycles. The zero-order valence-electron chi connectivity index (χ0n) is 9.56. The molecular weight excluding hydrogens is 226 g/mol. The lowest BCUT2D eigenvalue weighted by Gasteiger charge is -2.05. The van der Waals surface area contributed by atoms with Crippen molar-refractivity contribution in [1.29, 1.82) is 0 Å². The molecule has 0 aliphatic heterocycles. The Kier molecular flexibility index (Phi) is 2.49. The SMILES string of the molecule is Nc1ccc(-c2nccn2-c2ncccn2)cc1. The van der Waals surface area contributed by atoms with Crippen molar-refractivity contribution < 1.29 is 0 Å². The first kappa shape index (κ1) is 10.5. The van der Waals surface area contributed by atoms with Gasteiger partial charge in [0.1, 0.15) is 5.82 Å². The highest BCUT2D eigenvalue weighted by Gasteiger charge is 2.08. The van der Waals surface area contributed by atoms with Crippen molar-refractivity contribution >= 4 is 5.69 Å². The smallest absolute Gasteiger partial charge is 0.235 e. The highest BCUT2D eigenvalue weighted by molar-refractivity contribution is 5.60. The summed E-state index contributed by atoms with van der Waals surface area (Å²) in [5.41, 5.74) is 7.38. The predicted octanol–water partition coefficient (Wildman–Crippen LogP) is 1.91. The lowest BCUT2D eigenvalue weighted by molar-refractivity contribution is 0.933. The summed E-state index contributed by atoms with van der Waals surface area (Å²) >= 11 is 0. The van der Waals surface area contributed by atoms with Gasteiger partial charge in [0.15, 0.2) is 0 Å². The van der Waals surface area contributed by atoms with E-state index in [9.17, 15) is 0 Å². The number of nitrogen functional groups attached to an aromatic ring is 1. The third-order valence-corrected chi connectivity index (χ3v) is 2.58. The van der Waals surface area contributed by atoms with Crippen molar-refractivity contribution in [3.8, 4) is 17.3 Å². The number of anilines is 1. The van der Waals surface area contributed by atoms with E-state index in [4.69, 9.17) is 5.73 Å². The number of imidazole rings is 1. The van der Waals surface area contributed by atoms with Crippen molar-refractivity contribution in [1.82, 2.24) is 19.5 Å². The minimum absolute atomic E-state index is 0.599. The molecule has 5 heteroatoms. The van der Waals surface area contributed by atoms with Crippen molar-refractivity contribution in [3.05, 3.63) is 55.1 Å². The highest BCUT2D eigenvalue weighted by Crippen LogP contribution is 2.20. The van der Waals surface area contributed by atoms with Crippen LogP contribution in [0.25, 0.3) is 17.3 Å². The van der Waals surface area contributed by atoms with Crippen molar-refractivity contribution in [2.75, 3.05) is 5.73 Å². The topological polar surface area (TPSA) is 69.6 Å². The van der Waals surface area contributed by atoms with E-state index >= 15 is 0 Å². The minimum Gasteiger partial charge on any atom is -0.399 e. The number of benzene rings is 1. The Morgan fingerprint density at radius 1 is 0.889 bits per heavy atom. The van der Waals surface area contributed by atoms with Crippen LogP contribution in [0, 0.1) is 0 Å². The molecule has 0 bridgehead atoms. The number of hydrogen-bond donors (Lipinski definition) is 1. The molecule has 3 rings (SSSR count). The molecule has 0 atom stereocenters. The Morgan fingerprint density at radius 2 is 1.61 bits per heavy atom. The Morgan fingerprint density at radius 3 is 2.33 bits per heavy atom. The molecule has 0 aliphatic rings. The largest absolute Gasteiger partial charge is 0.399 e. The summed E-state index contributed by atoms with van der Waals surface area (Å²) in [5, 5.41) is 0. The van der Waals surface area contributed by atoms with Crippen LogP contribution in [0.5, 0.6) is 0 Å². The van der Waals surface area contributed by atoms with Crippen LogP contribution in [0.15, 0.2) is 55.1 Å². The summed E-state index contributed by atoms with van der Waals surface area (Å²) < 4.78 is 1.84. The highest BCUT2D eigenvalue weighted by atomic mass is 15.2. The van der Waals surface area contributed by atoms with E-state index in [1.165, 1.54) is 0 Å². The average Bonchev–Trinajstić information content (AvgIpc) is 2.90. The molecule has 3 aromatic rings. The minimum atomic E-state index is 0.599. The first-order chi connectivity index (χ1) is 8.84. The normalized spacial score (nSPS) is 10.4. The average molecular weight is 237 g/mol. The van der Waals surface area contributed by atoms with E-state index in [1.807, 2.05) is 35.0 Å². The molecule has 0 unspecified atom stereocenters. The molecule has 1 aromatic carbocycles. The van der Waals surface area contributed by atoms with Crippen molar-refractivity contribution in [3.63, 3.8) is 0 Å². The molecule has 2 N–H and O–H groups in total. The molecule has 0 saturated heterocycles. The molecule has 0 saturated carbocycles. The van der Waals surface area contributed by atoms with Gasteiger partial charge in [0.2, 0.25) is 5.95 Å². The monoisotopic (exact) mass is 237 g/mol. The van der Waals surface area contributed by atoms with Gasteiger partial charge in [0.25, 0.3) is 0 Å². The van der Waals surface area contributed by atoms with Crippen molar-refractivity contribution in [2.24, 2.45) is 0 Å². The second kappa shape index (κ2) is 4.29. The second-order valence-electron chi connectivity index (χ2n) is 3.79. The molecule has 5 nitrogen and oxygen atoms in total. The van der Waals surface area contributed by atoms with Crippen LogP contribution in [0.2, 0.25) is 0 Å². The van der Waals surface area contributed by atoms with E-state index in [0.29, 0.717) is 5.95 Å². The molecule has 0 spiro atoms. The summed E-state index contributed by atoms with van der Waals surface area (Å²) in [7, 11) is 0. The molecule has 0 fully saturated rings. The van der Waals surface area contributed by atoms with E-state index in [2.05, 4.69) is 15.0 Å². The predicted molar refractivity (Wildman–Crippen MR) is 69.0 cm³/mol. The van der Waals surface area contributed by atoms with Crippen LogP contribution in [0.3, 0.4) is 0 Å². The first-order valence-electron chi connectivity index (χ1n) is 5.51. The fraction of sp³-hybridized carbons (Fsp3) is 0. The van der Waals surface area contributed by atoms with Crippen LogP contribution in [0.1, 0.15) is 0 Å². The Hall–Kier alpha value is -2.69. The fourth-order valence-electron chi connectivity index (χ4n) is 1.73. The van der Waals surface area contributed by atoms with Gasteiger partial charge in [-0.3, -0.25) is 4.57 Å². The zero-order valence-corrected chi connectivity index (χ0v) is 9.56. The maximum atomic E-state index is 5.68. The van der Waals surface area contributed by atoms with Gasteiger partial charge in [0, 0.05) is 36.0 Å². The van der Waals surface area contributed by atoms with E-state index in [0.717, 1.165) is 17.1 Å². The molecule has 0 radical (unpaired) electrons. The summed E-state index contributed by atoms with van der Waals surface area (Å²) in [5.74, 6) is 1.39. The molecule has 0 amide bonds. The summed E-state index contributed by atoms with van der Waals surface area (Å²) in [6.07, 6.45) is 6.97. The van der Waals surface area contributed by atoms with E-state index < -0.39 is 0 Å². The van der Waals surface area contributed by atoms with Crippen LogP contribution < -0.4 is 5.73 Å². The molecular formula is C13H11N5. The van der Waals surface area contributed by atoms with Gasteiger partial charge in [0.05, 0.1) is 0 Å². The summed E-state index contributed by atoms with van der Waals surface area (Å²) in [4.78, 5) is 12.8. The maximum absolute atomic E-state index is 5.68. The molecule has 2 heterocycles. The molecule has 88 valence electrons. The number of hydrogen-bond acceptors (Lipinski definition) is 4. The number of rotatable bonds is 2. The van der Waals surface area contributed by atoms with Crippen LogP contribution in [-0.2, 0) is 0 Å². The summed E-state index contributed by atoms with van der Waals surface area (Å²) in [6.45, 7) is 0. The Labute approximate surface area is 104 Å². The Balaban J connectivity index is 2.10. The standard InChI is InChI=1S/C13H11N5/c14-11-4-2-10(3-5-11)12-15-8-9-18(12)13-16-6-1-7-17-13/h1-9H,14H2. The van der Waals surface area contributed by atoms with Crippen LogP contribution in [0.4, 0.5) is 5.69 Å². The number of nitrogens with zero attached hydrogens (tertiary/aromatic N) is 4. The zero-order chi connectivity index (χ0) is 12.4. The molecule has 18 heavy (non-hydrogen) atoms. The van der Waals surface area contributed by atoms with Gasteiger partial charge in [-0.2, -0.15) is 0 Å². The number of nitrogens with two attached hydrogens (primary N) is 1. The quantitative estimate of drug-likeness (QED) is 0.691. The first-order valence-corrected chi connectivity index (χ1v) is 5.51. The van der Waals surface area contributed by atoms with Gasteiger partial charge in [-0.15, -0.1) is 0 Å². The Bertz CT molecular complexity index is 643. The third-order valence-electron chi connectivity index (χ3n) is 2.58. The third kappa shape index (κ3) is 1.82. The van der Waals surface area contributed by atoms with E-state index in [1.54, 1.807) is 24.7 Å². The van der Waals surface area contributed by atoms with Crippen LogP contribution in [-0.4, -0.2) is 19.5 Å². The van der Waals surface area contributed by atoms with Gasteiger partial charge in [-0.25, -0.2) is 15.0 Å². The van der Waals surface area contributed by atoms with Crippen molar-refractivity contribution in [2.45, 2.75) is 0 Å². The fourth-order valence-corrected chi connectivity index (χ4v) is 1.73. The lowest BCUT2D eigenvalue weighted by atomic mass is 10.2. The second-order valence-corrected chi connectivity index (χ2v) is 3.79.